The first-order valence-corrected chi connectivity index (χ1v) is 7.29. The average molecular weight is 305 g/mol. The highest BCUT2D eigenvalue weighted by Crippen LogP contribution is 2.36. The van der Waals surface area contributed by atoms with Crippen LogP contribution in [0.4, 0.5) is 14.6 Å². The minimum Gasteiger partial charge on any atom is -0.391 e. The number of halogens is 2. The van der Waals surface area contributed by atoms with Crippen LogP contribution in [0.2, 0.25) is 0 Å². The number of hydrogen-bond acceptors (Lipinski definition) is 4. The summed E-state index contributed by atoms with van der Waals surface area (Å²) in [6.07, 6.45) is 1.69. The highest BCUT2D eigenvalue weighted by molar-refractivity contribution is 5.46. The van der Waals surface area contributed by atoms with Gasteiger partial charge in [-0.05, 0) is 30.5 Å². The molecule has 1 fully saturated rings. The SMILES string of the molecule is CCc1ncnc(N2C[C@H](O)C[C@@H]2c2ccc(F)cc2)c1F. The van der Waals surface area contributed by atoms with Crippen molar-refractivity contribution in [3.05, 3.63) is 53.5 Å². The average Bonchev–Trinajstić information content (AvgIpc) is 2.90. The first-order valence-electron chi connectivity index (χ1n) is 7.29. The van der Waals surface area contributed by atoms with Gasteiger partial charge in [-0.15, -0.1) is 0 Å². The zero-order chi connectivity index (χ0) is 15.7. The van der Waals surface area contributed by atoms with Crippen molar-refractivity contribution >= 4 is 5.82 Å². The van der Waals surface area contributed by atoms with E-state index in [0.717, 1.165) is 5.56 Å². The van der Waals surface area contributed by atoms with Gasteiger partial charge in [0.25, 0.3) is 0 Å². The molecule has 0 bridgehead atoms. The van der Waals surface area contributed by atoms with Gasteiger partial charge in [0.15, 0.2) is 11.6 Å². The van der Waals surface area contributed by atoms with Gasteiger partial charge in [0.2, 0.25) is 0 Å². The number of aromatic nitrogens is 2. The number of hydrogen-bond donors (Lipinski definition) is 1. The molecule has 1 N–H and O–H groups in total. The molecule has 4 nitrogen and oxygen atoms in total. The molecule has 1 aliphatic rings. The molecular weight excluding hydrogens is 288 g/mol. The van der Waals surface area contributed by atoms with Crippen molar-refractivity contribution in [2.75, 3.05) is 11.4 Å². The van der Waals surface area contributed by atoms with Crippen LogP contribution in [0.25, 0.3) is 0 Å². The van der Waals surface area contributed by atoms with Gasteiger partial charge in [-0.2, -0.15) is 0 Å². The third-order valence-corrected chi connectivity index (χ3v) is 3.98. The van der Waals surface area contributed by atoms with Crippen LogP contribution in [0.5, 0.6) is 0 Å². The minimum absolute atomic E-state index is 0.192. The molecule has 0 aliphatic carbocycles. The maximum atomic E-state index is 14.5. The van der Waals surface area contributed by atoms with E-state index in [1.165, 1.54) is 18.5 Å². The minimum atomic E-state index is -0.575. The number of aliphatic hydroxyl groups is 1. The van der Waals surface area contributed by atoms with Crippen molar-refractivity contribution in [2.24, 2.45) is 0 Å². The molecule has 2 heterocycles. The van der Waals surface area contributed by atoms with Gasteiger partial charge in [-0.25, -0.2) is 18.7 Å². The van der Waals surface area contributed by atoms with E-state index in [9.17, 15) is 13.9 Å². The van der Waals surface area contributed by atoms with Crippen LogP contribution < -0.4 is 4.90 Å². The smallest absolute Gasteiger partial charge is 0.187 e. The standard InChI is InChI=1S/C16H17F2N3O/c1-2-13-15(18)16(20-9-19-13)21-8-12(22)7-14(21)10-3-5-11(17)6-4-10/h3-6,9,12,14,22H,2,7-8H2,1H3/t12-,14-/m1/s1. The summed E-state index contributed by atoms with van der Waals surface area (Å²) in [5.41, 5.74) is 1.18. The molecule has 22 heavy (non-hydrogen) atoms. The van der Waals surface area contributed by atoms with E-state index < -0.39 is 11.9 Å². The largest absolute Gasteiger partial charge is 0.391 e. The first-order chi connectivity index (χ1) is 10.6. The van der Waals surface area contributed by atoms with Crippen LogP contribution >= 0.6 is 0 Å². The Morgan fingerprint density at radius 2 is 1.95 bits per heavy atom. The Kier molecular flexibility index (Phi) is 4.02. The van der Waals surface area contributed by atoms with E-state index in [1.807, 2.05) is 6.92 Å². The lowest BCUT2D eigenvalue weighted by Crippen LogP contribution is -2.27. The molecule has 1 aliphatic heterocycles. The zero-order valence-electron chi connectivity index (χ0n) is 12.2. The molecule has 116 valence electrons. The summed E-state index contributed by atoms with van der Waals surface area (Å²) in [5, 5.41) is 9.98. The van der Waals surface area contributed by atoms with Gasteiger partial charge in [0, 0.05) is 6.54 Å². The van der Waals surface area contributed by atoms with E-state index >= 15 is 0 Å². The van der Waals surface area contributed by atoms with Crippen molar-refractivity contribution in [2.45, 2.75) is 31.9 Å². The van der Waals surface area contributed by atoms with Crippen molar-refractivity contribution in [3.8, 4) is 0 Å². The molecule has 3 rings (SSSR count). The molecule has 0 spiro atoms. The van der Waals surface area contributed by atoms with E-state index in [4.69, 9.17) is 0 Å². The van der Waals surface area contributed by atoms with Gasteiger partial charge < -0.3 is 10.0 Å². The quantitative estimate of drug-likeness (QED) is 0.947. The van der Waals surface area contributed by atoms with E-state index in [0.29, 0.717) is 25.1 Å². The molecule has 0 amide bonds. The number of nitrogens with zero attached hydrogens (tertiary/aromatic N) is 3. The van der Waals surface area contributed by atoms with Crippen molar-refractivity contribution in [1.29, 1.82) is 0 Å². The highest BCUT2D eigenvalue weighted by Gasteiger charge is 2.34. The molecule has 2 atom stereocenters. The van der Waals surface area contributed by atoms with Crippen molar-refractivity contribution in [3.63, 3.8) is 0 Å². The second kappa shape index (κ2) is 5.96. The summed E-state index contributed by atoms with van der Waals surface area (Å²) >= 11 is 0. The number of rotatable bonds is 3. The van der Waals surface area contributed by atoms with Gasteiger partial charge in [-0.1, -0.05) is 19.1 Å². The summed E-state index contributed by atoms with van der Waals surface area (Å²) in [7, 11) is 0. The fourth-order valence-corrected chi connectivity index (χ4v) is 2.89. The lowest BCUT2D eigenvalue weighted by molar-refractivity contribution is 0.194. The summed E-state index contributed by atoms with van der Waals surface area (Å²) in [5.74, 6) is -0.584. The van der Waals surface area contributed by atoms with E-state index in [2.05, 4.69) is 9.97 Å². The molecule has 0 saturated carbocycles. The predicted molar refractivity (Wildman–Crippen MR) is 78.5 cm³/mol. The highest BCUT2D eigenvalue weighted by atomic mass is 19.1. The Balaban J connectivity index is 1.99. The zero-order valence-corrected chi connectivity index (χ0v) is 12.2. The summed E-state index contributed by atoms with van der Waals surface area (Å²) in [6.45, 7) is 2.12. The molecule has 1 aromatic carbocycles. The second-order valence-corrected chi connectivity index (χ2v) is 5.42. The normalized spacial score (nSPS) is 21.4. The number of benzene rings is 1. The molecule has 0 unspecified atom stereocenters. The molecule has 1 aromatic heterocycles. The van der Waals surface area contributed by atoms with E-state index in [1.54, 1.807) is 17.0 Å². The monoisotopic (exact) mass is 305 g/mol. The van der Waals surface area contributed by atoms with E-state index in [-0.39, 0.29) is 17.7 Å². The third kappa shape index (κ3) is 2.66. The molecular formula is C16H17F2N3O. The summed E-state index contributed by atoms with van der Waals surface area (Å²) in [6, 6.07) is 5.82. The van der Waals surface area contributed by atoms with Crippen LogP contribution in [-0.2, 0) is 6.42 Å². The van der Waals surface area contributed by atoms with Crippen molar-refractivity contribution in [1.82, 2.24) is 9.97 Å². The maximum absolute atomic E-state index is 14.5. The Hall–Kier alpha value is -2.08. The molecule has 1 saturated heterocycles. The number of anilines is 1. The van der Waals surface area contributed by atoms with Crippen LogP contribution in [0.3, 0.4) is 0 Å². The predicted octanol–water partition coefficient (Wildman–Crippen LogP) is 2.63. The molecule has 6 heteroatoms. The van der Waals surface area contributed by atoms with Crippen LogP contribution in [0, 0.1) is 11.6 Å². The first kappa shape index (κ1) is 14.8. The van der Waals surface area contributed by atoms with Crippen LogP contribution in [0.1, 0.15) is 30.6 Å². The van der Waals surface area contributed by atoms with Crippen LogP contribution in [-0.4, -0.2) is 27.7 Å². The third-order valence-electron chi connectivity index (χ3n) is 3.98. The fraction of sp³-hybridized carbons (Fsp3) is 0.375. The maximum Gasteiger partial charge on any atom is 0.187 e. The van der Waals surface area contributed by atoms with Gasteiger partial charge in [0.05, 0.1) is 17.8 Å². The lowest BCUT2D eigenvalue weighted by atomic mass is 10.0. The number of β-amino-alcohol motifs (C(OH)–C–C–N with tert-alkyl or cyclic N) is 1. The molecule has 0 radical (unpaired) electrons. The second-order valence-electron chi connectivity index (χ2n) is 5.42. The van der Waals surface area contributed by atoms with Gasteiger partial charge in [-0.3, -0.25) is 0 Å². The Morgan fingerprint density at radius 1 is 1.23 bits per heavy atom. The van der Waals surface area contributed by atoms with Crippen molar-refractivity contribution < 1.29 is 13.9 Å². The number of aliphatic hydroxyl groups excluding tert-OH is 1. The topological polar surface area (TPSA) is 49.2 Å². The summed E-state index contributed by atoms with van der Waals surface area (Å²) < 4.78 is 27.6. The Labute approximate surface area is 127 Å². The lowest BCUT2D eigenvalue weighted by Gasteiger charge is -2.26. The Bertz CT molecular complexity index is 663. The molecule has 2 aromatic rings. The summed E-state index contributed by atoms with van der Waals surface area (Å²) in [4.78, 5) is 9.71. The fourth-order valence-electron chi connectivity index (χ4n) is 2.89. The Morgan fingerprint density at radius 3 is 2.64 bits per heavy atom. The van der Waals surface area contributed by atoms with Crippen LogP contribution in [0.15, 0.2) is 30.6 Å². The van der Waals surface area contributed by atoms with Gasteiger partial charge in [0.1, 0.15) is 12.1 Å². The number of aryl methyl sites for hydroxylation is 1. The van der Waals surface area contributed by atoms with Gasteiger partial charge >= 0.3 is 0 Å².